The Morgan fingerprint density at radius 3 is 2.65 bits per heavy atom. The first-order valence-corrected chi connectivity index (χ1v) is 5.80. The topological polar surface area (TPSA) is 72.6 Å². The third kappa shape index (κ3) is 3.05. The largest absolute Gasteiger partial charge is 0.480 e. The van der Waals surface area contributed by atoms with Crippen LogP contribution in [0, 0.1) is 5.92 Å². The van der Waals surface area contributed by atoms with Crippen molar-refractivity contribution in [3.8, 4) is 0 Å². The zero-order chi connectivity index (χ0) is 12.3. The van der Waals surface area contributed by atoms with Gasteiger partial charge in [-0.15, -0.1) is 0 Å². The van der Waals surface area contributed by atoms with Crippen LogP contribution in [-0.4, -0.2) is 23.2 Å². The Morgan fingerprint density at radius 2 is 2.06 bits per heavy atom. The number of nitrogens with two attached hydrogens (primary N) is 1. The van der Waals surface area contributed by atoms with Crippen molar-refractivity contribution >= 4 is 5.97 Å². The van der Waals surface area contributed by atoms with Crippen molar-refractivity contribution in [2.75, 3.05) is 0 Å². The summed E-state index contributed by atoms with van der Waals surface area (Å²) in [6.45, 7) is 0.584. The maximum Gasteiger partial charge on any atom is 0.320 e. The molecular weight excluding hydrogens is 218 g/mol. The van der Waals surface area contributed by atoms with Crippen molar-refractivity contribution < 1.29 is 14.6 Å². The fourth-order valence-electron chi connectivity index (χ4n) is 2.03. The molecule has 1 fully saturated rings. The van der Waals surface area contributed by atoms with Crippen LogP contribution < -0.4 is 5.73 Å². The molecule has 1 saturated carbocycles. The molecule has 0 radical (unpaired) electrons. The third-order valence-corrected chi connectivity index (χ3v) is 3.25. The molecule has 0 aliphatic heterocycles. The molecule has 0 aromatic heterocycles. The van der Waals surface area contributed by atoms with E-state index in [1.54, 1.807) is 0 Å². The number of carbonyl (C=O) groups is 1. The summed E-state index contributed by atoms with van der Waals surface area (Å²) in [5, 5.41) is 8.75. The van der Waals surface area contributed by atoms with Crippen molar-refractivity contribution in [2.24, 2.45) is 11.7 Å². The lowest BCUT2D eigenvalue weighted by Crippen LogP contribution is -2.47. The normalized spacial score (nSPS) is 25.0. The Hall–Kier alpha value is -1.39. The van der Waals surface area contributed by atoms with Gasteiger partial charge in [-0.05, 0) is 24.3 Å². The minimum atomic E-state index is -0.920. The predicted molar refractivity (Wildman–Crippen MR) is 63.4 cm³/mol. The van der Waals surface area contributed by atoms with Gasteiger partial charge in [0.2, 0.25) is 0 Å². The molecule has 2 rings (SSSR count). The minimum absolute atomic E-state index is 0.0632. The number of ether oxygens (including phenoxy) is 1. The second-order valence-electron chi connectivity index (χ2n) is 4.51. The van der Waals surface area contributed by atoms with E-state index < -0.39 is 12.0 Å². The second kappa shape index (κ2) is 5.29. The van der Waals surface area contributed by atoms with Crippen LogP contribution in [0.2, 0.25) is 0 Å². The van der Waals surface area contributed by atoms with Gasteiger partial charge in [-0.25, -0.2) is 0 Å². The Kier molecular flexibility index (Phi) is 3.76. The van der Waals surface area contributed by atoms with Gasteiger partial charge in [-0.1, -0.05) is 30.3 Å². The van der Waals surface area contributed by atoms with Crippen LogP contribution in [0.4, 0.5) is 0 Å². The minimum Gasteiger partial charge on any atom is -0.480 e. The van der Waals surface area contributed by atoms with Gasteiger partial charge in [0, 0.05) is 0 Å². The SMILES string of the molecule is N[C@@H](C(=O)O)C1CC(OCc2ccccc2)C1. The number of carboxylic acids is 1. The molecule has 17 heavy (non-hydrogen) atoms. The van der Waals surface area contributed by atoms with Crippen molar-refractivity contribution in [1.82, 2.24) is 0 Å². The highest BCUT2D eigenvalue weighted by Gasteiger charge is 2.37. The molecule has 1 aliphatic carbocycles. The van der Waals surface area contributed by atoms with Gasteiger partial charge in [0.05, 0.1) is 12.7 Å². The molecule has 1 atom stereocenters. The highest BCUT2D eigenvalue weighted by Crippen LogP contribution is 2.32. The molecule has 0 heterocycles. The molecule has 4 nitrogen and oxygen atoms in total. The van der Waals surface area contributed by atoms with E-state index in [0.29, 0.717) is 6.61 Å². The van der Waals surface area contributed by atoms with Gasteiger partial charge in [0.25, 0.3) is 0 Å². The molecule has 92 valence electrons. The summed E-state index contributed by atoms with van der Waals surface area (Å²) in [5.41, 5.74) is 6.67. The van der Waals surface area contributed by atoms with Crippen LogP contribution in [0.5, 0.6) is 0 Å². The lowest BCUT2D eigenvalue weighted by atomic mass is 9.77. The summed E-state index contributed by atoms with van der Waals surface area (Å²) in [7, 11) is 0. The molecule has 1 aromatic carbocycles. The first-order valence-electron chi connectivity index (χ1n) is 5.80. The van der Waals surface area contributed by atoms with Gasteiger partial charge in [0.1, 0.15) is 6.04 Å². The van der Waals surface area contributed by atoms with Crippen molar-refractivity contribution in [2.45, 2.75) is 31.6 Å². The predicted octanol–water partition coefficient (Wildman–Crippen LogP) is 1.39. The molecule has 1 aromatic rings. The third-order valence-electron chi connectivity index (χ3n) is 3.25. The van der Waals surface area contributed by atoms with Gasteiger partial charge >= 0.3 is 5.97 Å². The number of aliphatic carboxylic acids is 1. The van der Waals surface area contributed by atoms with Crippen LogP contribution in [0.3, 0.4) is 0 Å². The summed E-state index contributed by atoms with van der Waals surface area (Å²) in [6, 6.07) is 9.20. The molecule has 0 saturated heterocycles. The quantitative estimate of drug-likeness (QED) is 0.809. The number of hydrogen-bond donors (Lipinski definition) is 2. The lowest BCUT2D eigenvalue weighted by Gasteiger charge is -2.37. The standard InChI is InChI=1S/C13H17NO3/c14-12(13(15)16)10-6-11(7-10)17-8-9-4-2-1-3-5-9/h1-5,10-12H,6-8,14H2,(H,15,16)/t10?,11?,12-/m1/s1. The van der Waals surface area contributed by atoms with E-state index in [1.807, 2.05) is 30.3 Å². The maximum atomic E-state index is 10.7. The Bertz CT molecular complexity index is 374. The summed E-state index contributed by atoms with van der Waals surface area (Å²) in [4.78, 5) is 10.7. The second-order valence-corrected chi connectivity index (χ2v) is 4.51. The van der Waals surface area contributed by atoms with Crippen LogP contribution in [0.1, 0.15) is 18.4 Å². The van der Waals surface area contributed by atoms with E-state index in [9.17, 15) is 4.79 Å². The molecule has 0 amide bonds. The molecule has 0 bridgehead atoms. The Balaban J connectivity index is 1.70. The number of rotatable bonds is 5. The highest BCUT2D eigenvalue weighted by molar-refractivity contribution is 5.73. The zero-order valence-corrected chi connectivity index (χ0v) is 9.58. The van der Waals surface area contributed by atoms with E-state index in [-0.39, 0.29) is 12.0 Å². The van der Waals surface area contributed by atoms with E-state index >= 15 is 0 Å². The van der Waals surface area contributed by atoms with Crippen LogP contribution in [0.25, 0.3) is 0 Å². The summed E-state index contributed by atoms with van der Waals surface area (Å²) >= 11 is 0. The van der Waals surface area contributed by atoms with Crippen LogP contribution >= 0.6 is 0 Å². The molecule has 1 aliphatic rings. The average molecular weight is 235 g/mol. The molecule has 0 unspecified atom stereocenters. The Labute approximate surface area is 100 Å². The van der Waals surface area contributed by atoms with E-state index in [0.717, 1.165) is 18.4 Å². The van der Waals surface area contributed by atoms with Crippen molar-refractivity contribution in [1.29, 1.82) is 0 Å². The fraction of sp³-hybridized carbons (Fsp3) is 0.462. The Morgan fingerprint density at radius 1 is 1.41 bits per heavy atom. The molecule has 0 spiro atoms. The zero-order valence-electron chi connectivity index (χ0n) is 9.58. The van der Waals surface area contributed by atoms with Crippen molar-refractivity contribution in [3.05, 3.63) is 35.9 Å². The van der Waals surface area contributed by atoms with Gasteiger partial charge in [-0.3, -0.25) is 4.79 Å². The summed E-state index contributed by atoms with van der Waals surface area (Å²) in [6.07, 6.45) is 1.66. The van der Waals surface area contributed by atoms with Gasteiger partial charge < -0.3 is 15.6 Å². The smallest absolute Gasteiger partial charge is 0.320 e. The summed E-state index contributed by atoms with van der Waals surface area (Å²) in [5.74, 6) is -0.857. The average Bonchev–Trinajstić information content (AvgIpc) is 2.28. The van der Waals surface area contributed by atoms with Crippen LogP contribution in [0.15, 0.2) is 30.3 Å². The lowest BCUT2D eigenvalue weighted by molar-refractivity contribution is -0.143. The van der Waals surface area contributed by atoms with E-state index in [2.05, 4.69) is 0 Å². The fourth-order valence-corrected chi connectivity index (χ4v) is 2.03. The van der Waals surface area contributed by atoms with Gasteiger partial charge in [-0.2, -0.15) is 0 Å². The number of hydrogen-bond acceptors (Lipinski definition) is 3. The number of benzene rings is 1. The van der Waals surface area contributed by atoms with E-state index in [1.165, 1.54) is 0 Å². The van der Waals surface area contributed by atoms with Crippen molar-refractivity contribution in [3.63, 3.8) is 0 Å². The summed E-state index contributed by atoms with van der Waals surface area (Å²) < 4.78 is 5.68. The first kappa shape index (κ1) is 12.1. The number of carboxylic acid groups (broad SMARTS) is 1. The monoisotopic (exact) mass is 235 g/mol. The molecular formula is C13H17NO3. The maximum absolute atomic E-state index is 10.7. The highest BCUT2D eigenvalue weighted by atomic mass is 16.5. The van der Waals surface area contributed by atoms with Gasteiger partial charge in [0.15, 0.2) is 0 Å². The first-order chi connectivity index (χ1) is 8.16. The van der Waals surface area contributed by atoms with E-state index in [4.69, 9.17) is 15.6 Å². The molecule has 4 heteroatoms. The molecule has 3 N–H and O–H groups in total. The van der Waals surface area contributed by atoms with Crippen LogP contribution in [-0.2, 0) is 16.1 Å².